The summed E-state index contributed by atoms with van der Waals surface area (Å²) in [4.78, 5) is 2.56. The van der Waals surface area contributed by atoms with Crippen molar-refractivity contribution in [2.24, 2.45) is 5.92 Å². The molecular formula is C24H27N3O. The Morgan fingerprint density at radius 3 is 2.64 bits per heavy atom. The number of aromatic amines is 1. The summed E-state index contributed by atoms with van der Waals surface area (Å²) in [5.74, 6) is 0.731. The minimum absolute atomic E-state index is 0.731. The first-order chi connectivity index (χ1) is 13.8. The van der Waals surface area contributed by atoms with Crippen molar-refractivity contribution in [3.63, 3.8) is 0 Å². The van der Waals surface area contributed by atoms with Crippen molar-refractivity contribution in [1.82, 2.24) is 15.1 Å². The van der Waals surface area contributed by atoms with Crippen LogP contribution in [-0.4, -0.2) is 41.9 Å². The number of fused-ring (bicyclic) bond motifs is 3. The van der Waals surface area contributed by atoms with Crippen LogP contribution in [0.2, 0.25) is 0 Å². The summed E-state index contributed by atoms with van der Waals surface area (Å²) in [6.45, 7) is 4.27. The third-order valence-corrected chi connectivity index (χ3v) is 6.26. The number of methoxy groups -OCH3 is 1. The van der Waals surface area contributed by atoms with Crippen molar-refractivity contribution in [2.45, 2.75) is 25.8 Å². The smallest absolute Gasteiger partial charge is 0.0962 e. The van der Waals surface area contributed by atoms with E-state index in [9.17, 15) is 0 Å². The van der Waals surface area contributed by atoms with E-state index in [1.54, 1.807) is 7.11 Å². The fourth-order valence-electron chi connectivity index (χ4n) is 4.68. The van der Waals surface area contributed by atoms with Gasteiger partial charge in [-0.05, 0) is 43.0 Å². The highest BCUT2D eigenvalue weighted by Gasteiger charge is 2.24. The lowest BCUT2D eigenvalue weighted by Gasteiger charge is -2.31. The summed E-state index contributed by atoms with van der Waals surface area (Å²) in [5.41, 5.74) is 8.88. The number of hydrogen-bond acceptors (Lipinski definition) is 3. The van der Waals surface area contributed by atoms with E-state index in [2.05, 4.69) is 63.6 Å². The van der Waals surface area contributed by atoms with Gasteiger partial charge in [-0.25, -0.2) is 0 Å². The molecule has 3 aromatic rings. The van der Waals surface area contributed by atoms with Crippen LogP contribution in [0.25, 0.3) is 22.5 Å². The van der Waals surface area contributed by atoms with Crippen LogP contribution in [0.4, 0.5) is 0 Å². The van der Waals surface area contributed by atoms with E-state index >= 15 is 0 Å². The average Bonchev–Trinajstić information content (AvgIpc) is 3.30. The second kappa shape index (κ2) is 7.53. The van der Waals surface area contributed by atoms with Gasteiger partial charge < -0.3 is 4.74 Å². The minimum atomic E-state index is 0.731. The molecule has 0 unspecified atom stereocenters. The second-order valence-electron chi connectivity index (χ2n) is 8.13. The second-order valence-corrected chi connectivity index (χ2v) is 8.13. The van der Waals surface area contributed by atoms with Gasteiger partial charge in [0.25, 0.3) is 0 Å². The number of nitrogens with zero attached hydrogens (tertiary/aromatic N) is 2. The fourth-order valence-corrected chi connectivity index (χ4v) is 4.68. The maximum absolute atomic E-state index is 5.31. The molecule has 0 radical (unpaired) electrons. The number of benzene rings is 2. The van der Waals surface area contributed by atoms with E-state index in [0.29, 0.717) is 0 Å². The molecular weight excluding hydrogens is 346 g/mol. The molecule has 28 heavy (non-hydrogen) atoms. The molecule has 5 rings (SSSR count). The number of H-pyrrole nitrogens is 1. The Hall–Kier alpha value is -2.43. The molecule has 2 aliphatic rings. The Bertz CT molecular complexity index is 952. The largest absolute Gasteiger partial charge is 0.384 e. The quantitative estimate of drug-likeness (QED) is 0.560. The third kappa shape index (κ3) is 3.27. The van der Waals surface area contributed by atoms with Crippen LogP contribution in [0.15, 0.2) is 48.5 Å². The maximum Gasteiger partial charge on any atom is 0.0962 e. The Morgan fingerprint density at radius 2 is 1.86 bits per heavy atom. The summed E-state index contributed by atoms with van der Waals surface area (Å²) in [6, 6.07) is 17.6. The summed E-state index contributed by atoms with van der Waals surface area (Å²) < 4.78 is 5.31. The van der Waals surface area contributed by atoms with Crippen LogP contribution in [0.3, 0.4) is 0 Å². The summed E-state index contributed by atoms with van der Waals surface area (Å²) >= 11 is 0. The van der Waals surface area contributed by atoms with E-state index in [1.807, 2.05) is 0 Å². The Balaban J connectivity index is 1.28. The predicted molar refractivity (Wildman–Crippen MR) is 112 cm³/mol. The van der Waals surface area contributed by atoms with Crippen LogP contribution in [0.5, 0.6) is 0 Å². The van der Waals surface area contributed by atoms with Gasteiger partial charge >= 0.3 is 0 Å². The zero-order valence-electron chi connectivity index (χ0n) is 16.4. The fraction of sp³-hybridized carbons (Fsp3) is 0.375. The first-order valence-corrected chi connectivity index (χ1v) is 10.3. The molecule has 0 atom stereocenters. The predicted octanol–water partition coefficient (Wildman–Crippen LogP) is 4.51. The SMILES string of the molecule is COCC1CCN(Cc2ccc(-c3n[nH]c4c3Cc3ccccc3-4)cc2)CC1. The lowest BCUT2D eigenvalue weighted by molar-refractivity contribution is 0.0968. The highest BCUT2D eigenvalue weighted by atomic mass is 16.5. The van der Waals surface area contributed by atoms with E-state index < -0.39 is 0 Å². The van der Waals surface area contributed by atoms with Gasteiger partial charge in [-0.15, -0.1) is 0 Å². The van der Waals surface area contributed by atoms with Gasteiger partial charge in [0.1, 0.15) is 0 Å². The minimum Gasteiger partial charge on any atom is -0.384 e. The first kappa shape index (κ1) is 17.7. The number of aromatic nitrogens is 2. The van der Waals surface area contributed by atoms with Crippen LogP contribution in [0, 0.1) is 5.92 Å². The lowest BCUT2D eigenvalue weighted by atomic mass is 9.97. The zero-order valence-corrected chi connectivity index (χ0v) is 16.4. The Kier molecular flexibility index (Phi) is 4.75. The van der Waals surface area contributed by atoms with Gasteiger partial charge in [0.2, 0.25) is 0 Å². The average molecular weight is 374 g/mol. The molecule has 0 saturated carbocycles. The standard InChI is InChI=1S/C24H27N3O/c1-28-16-18-10-12-27(13-11-18)15-17-6-8-19(9-7-17)23-22-14-20-4-2-3-5-21(20)24(22)26-25-23/h2-9,18H,10-16H2,1H3,(H,25,26). The van der Waals surface area contributed by atoms with Crippen molar-refractivity contribution >= 4 is 0 Å². The van der Waals surface area contributed by atoms with E-state index in [0.717, 1.165) is 31.2 Å². The molecule has 2 heterocycles. The summed E-state index contributed by atoms with van der Waals surface area (Å²) in [5, 5.41) is 7.90. The molecule has 1 aliphatic heterocycles. The van der Waals surface area contributed by atoms with Crippen LogP contribution in [-0.2, 0) is 17.7 Å². The molecule has 1 aromatic heterocycles. The number of piperidine rings is 1. The van der Waals surface area contributed by atoms with Crippen molar-refractivity contribution < 1.29 is 4.74 Å². The van der Waals surface area contributed by atoms with E-state index in [1.165, 1.54) is 59.4 Å². The van der Waals surface area contributed by atoms with Gasteiger partial charge in [-0.3, -0.25) is 10.00 Å². The van der Waals surface area contributed by atoms with Gasteiger partial charge in [-0.1, -0.05) is 48.5 Å². The van der Waals surface area contributed by atoms with Gasteiger partial charge in [0.05, 0.1) is 11.4 Å². The monoisotopic (exact) mass is 373 g/mol. The van der Waals surface area contributed by atoms with Crippen molar-refractivity contribution in [3.8, 4) is 22.5 Å². The molecule has 4 heteroatoms. The molecule has 0 bridgehead atoms. The number of ether oxygens (including phenoxy) is 1. The summed E-state index contributed by atoms with van der Waals surface area (Å²) in [6.07, 6.45) is 3.45. The third-order valence-electron chi connectivity index (χ3n) is 6.26. The van der Waals surface area contributed by atoms with Crippen molar-refractivity contribution in [2.75, 3.05) is 26.8 Å². The van der Waals surface area contributed by atoms with Crippen LogP contribution < -0.4 is 0 Å². The van der Waals surface area contributed by atoms with Gasteiger partial charge in [0.15, 0.2) is 0 Å². The normalized spacial score (nSPS) is 16.9. The molecule has 1 fully saturated rings. The molecule has 1 saturated heterocycles. The number of nitrogens with one attached hydrogen (secondary N) is 1. The Morgan fingerprint density at radius 1 is 1.07 bits per heavy atom. The molecule has 2 aromatic carbocycles. The Labute approximate surface area is 166 Å². The summed E-state index contributed by atoms with van der Waals surface area (Å²) in [7, 11) is 1.81. The number of hydrogen-bond donors (Lipinski definition) is 1. The first-order valence-electron chi connectivity index (χ1n) is 10.3. The molecule has 1 aliphatic carbocycles. The molecule has 4 nitrogen and oxygen atoms in total. The molecule has 0 spiro atoms. The lowest BCUT2D eigenvalue weighted by Crippen LogP contribution is -2.34. The molecule has 1 N–H and O–H groups in total. The van der Waals surface area contributed by atoms with Crippen molar-refractivity contribution in [1.29, 1.82) is 0 Å². The van der Waals surface area contributed by atoms with Gasteiger partial charge in [0, 0.05) is 43.4 Å². The zero-order chi connectivity index (χ0) is 18.9. The van der Waals surface area contributed by atoms with Crippen LogP contribution >= 0.6 is 0 Å². The number of rotatable bonds is 5. The van der Waals surface area contributed by atoms with Crippen molar-refractivity contribution in [3.05, 3.63) is 65.2 Å². The highest BCUT2D eigenvalue weighted by Crippen LogP contribution is 2.39. The molecule has 0 amide bonds. The van der Waals surface area contributed by atoms with Crippen LogP contribution in [0.1, 0.15) is 29.5 Å². The van der Waals surface area contributed by atoms with E-state index in [-0.39, 0.29) is 0 Å². The van der Waals surface area contributed by atoms with E-state index in [4.69, 9.17) is 4.74 Å². The maximum atomic E-state index is 5.31. The molecule has 144 valence electrons. The van der Waals surface area contributed by atoms with Gasteiger partial charge in [-0.2, -0.15) is 5.10 Å². The topological polar surface area (TPSA) is 41.1 Å². The highest BCUT2D eigenvalue weighted by molar-refractivity contribution is 5.80. The number of likely N-dealkylation sites (tertiary alicyclic amines) is 1.